The van der Waals surface area contributed by atoms with Crippen molar-refractivity contribution < 1.29 is 0 Å². The third-order valence-corrected chi connectivity index (χ3v) is 2.45. The first-order valence-corrected chi connectivity index (χ1v) is 5.67. The van der Waals surface area contributed by atoms with E-state index in [4.69, 9.17) is 5.26 Å². The van der Waals surface area contributed by atoms with Crippen molar-refractivity contribution in [2.24, 2.45) is 4.99 Å². The molecule has 0 saturated carbocycles. The van der Waals surface area contributed by atoms with Crippen LogP contribution in [0, 0.1) is 11.5 Å². The van der Waals surface area contributed by atoms with E-state index in [0.717, 1.165) is 5.56 Å². The Hall–Kier alpha value is -1.54. The minimum atomic E-state index is 0.0244. The molecule has 0 bridgehead atoms. The van der Waals surface area contributed by atoms with Crippen molar-refractivity contribution >= 4 is 16.9 Å². The van der Waals surface area contributed by atoms with Gasteiger partial charge in [0.15, 0.2) is 11.4 Å². The second kappa shape index (κ2) is 6.04. The molecule has 1 atom stereocenters. The van der Waals surface area contributed by atoms with E-state index in [1.807, 2.05) is 31.5 Å². The van der Waals surface area contributed by atoms with Crippen LogP contribution in [0.15, 0.2) is 29.5 Å². The molecule has 1 aromatic heterocycles. The van der Waals surface area contributed by atoms with Crippen LogP contribution in [0.1, 0.15) is 18.5 Å². The van der Waals surface area contributed by atoms with E-state index >= 15 is 0 Å². The molecule has 1 aromatic rings. The lowest BCUT2D eigenvalue weighted by atomic mass is 10.1. The Morgan fingerprint density at radius 2 is 2.27 bits per heavy atom. The van der Waals surface area contributed by atoms with Gasteiger partial charge in [0.2, 0.25) is 0 Å². The second-order valence-corrected chi connectivity index (χ2v) is 3.63. The van der Waals surface area contributed by atoms with Gasteiger partial charge in [-0.1, -0.05) is 11.8 Å². The smallest absolute Gasteiger partial charge is 0.183 e. The van der Waals surface area contributed by atoms with Crippen LogP contribution < -0.4 is 5.32 Å². The van der Waals surface area contributed by atoms with E-state index in [2.05, 4.69) is 15.3 Å². The number of aromatic nitrogens is 1. The minimum absolute atomic E-state index is 0.0244. The maximum absolute atomic E-state index is 8.49. The minimum Gasteiger partial charge on any atom is -0.272 e. The van der Waals surface area contributed by atoms with Gasteiger partial charge >= 0.3 is 0 Å². The molecule has 78 valence electrons. The van der Waals surface area contributed by atoms with Crippen molar-refractivity contribution in [2.45, 2.75) is 13.0 Å². The number of hydrogen-bond donors (Lipinski definition) is 1. The Morgan fingerprint density at radius 3 is 2.80 bits per heavy atom. The monoisotopic (exact) mass is 220 g/mol. The molecule has 0 radical (unpaired) electrons. The Bertz CT molecular complexity index is 369. The van der Waals surface area contributed by atoms with Gasteiger partial charge in [0.1, 0.15) is 0 Å². The Balaban J connectivity index is 2.77. The number of rotatable bonds is 2. The third-order valence-electron chi connectivity index (χ3n) is 1.86. The summed E-state index contributed by atoms with van der Waals surface area (Å²) >= 11 is 1.42. The number of amidine groups is 1. The zero-order chi connectivity index (χ0) is 11.1. The van der Waals surface area contributed by atoms with Crippen molar-refractivity contribution in [3.8, 4) is 6.19 Å². The van der Waals surface area contributed by atoms with Crippen LogP contribution in [0.5, 0.6) is 0 Å². The summed E-state index contributed by atoms with van der Waals surface area (Å²) in [6, 6.07) is 3.85. The van der Waals surface area contributed by atoms with Crippen molar-refractivity contribution in [1.82, 2.24) is 10.3 Å². The van der Waals surface area contributed by atoms with Crippen molar-refractivity contribution in [2.75, 3.05) is 6.26 Å². The van der Waals surface area contributed by atoms with Crippen LogP contribution in [0.4, 0.5) is 0 Å². The molecular formula is C10H12N4S. The zero-order valence-electron chi connectivity index (χ0n) is 8.64. The largest absolute Gasteiger partial charge is 0.272 e. The molecule has 0 aromatic carbocycles. The zero-order valence-corrected chi connectivity index (χ0v) is 9.45. The molecule has 1 unspecified atom stereocenters. The van der Waals surface area contributed by atoms with Crippen molar-refractivity contribution in [3.05, 3.63) is 30.1 Å². The van der Waals surface area contributed by atoms with E-state index in [1.165, 1.54) is 11.8 Å². The fraction of sp³-hybridized carbons (Fsp3) is 0.300. The molecule has 1 N–H and O–H groups in total. The first-order valence-electron chi connectivity index (χ1n) is 4.44. The first-order chi connectivity index (χ1) is 7.27. The normalized spacial score (nSPS) is 13.0. The van der Waals surface area contributed by atoms with Crippen LogP contribution in [0.3, 0.4) is 0 Å². The summed E-state index contributed by atoms with van der Waals surface area (Å²) in [5.74, 6) is 0. The van der Waals surface area contributed by atoms with Gasteiger partial charge in [-0.2, -0.15) is 5.26 Å². The summed E-state index contributed by atoms with van der Waals surface area (Å²) in [6.45, 7) is 1.98. The SMILES string of the molecule is CSC(=NC(C)c1ccncc1)NC#N. The van der Waals surface area contributed by atoms with Crippen LogP contribution in [0.25, 0.3) is 0 Å². The number of thioether (sulfide) groups is 1. The van der Waals surface area contributed by atoms with Crippen molar-refractivity contribution in [1.29, 1.82) is 5.26 Å². The van der Waals surface area contributed by atoms with Gasteiger partial charge in [0.25, 0.3) is 0 Å². The molecule has 0 aliphatic rings. The van der Waals surface area contributed by atoms with E-state index in [-0.39, 0.29) is 6.04 Å². The molecule has 5 heteroatoms. The van der Waals surface area contributed by atoms with Gasteiger partial charge in [-0.3, -0.25) is 15.3 Å². The van der Waals surface area contributed by atoms with Gasteiger partial charge in [-0.05, 0) is 30.9 Å². The number of hydrogen-bond acceptors (Lipinski definition) is 4. The molecule has 4 nitrogen and oxygen atoms in total. The fourth-order valence-corrected chi connectivity index (χ4v) is 1.49. The molecule has 0 saturated heterocycles. The topological polar surface area (TPSA) is 61.1 Å². The molecule has 0 aliphatic carbocycles. The average Bonchev–Trinajstić information content (AvgIpc) is 2.29. The number of nitrogens with one attached hydrogen (secondary N) is 1. The summed E-state index contributed by atoms with van der Waals surface area (Å²) in [5, 5.41) is 11.6. The van der Waals surface area contributed by atoms with E-state index < -0.39 is 0 Å². The predicted octanol–water partition coefficient (Wildman–Crippen LogP) is 1.93. The highest BCUT2D eigenvalue weighted by molar-refractivity contribution is 8.13. The van der Waals surface area contributed by atoms with Crippen LogP contribution >= 0.6 is 11.8 Å². The summed E-state index contributed by atoms with van der Waals surface area (Å²) in [6.07, 6.45) is 7.21. The third kappa shape index (κ3) is 3.60. The number of pyridine rings is 1. The van der Waals surface area contributed by atoms with Gasteiger partial charge in [0, 0.05) is 12.4 Å². The molecule has 0 fully saturated rings. The van der Waals surface area contributed by atoms with Gasteiger partial charge in [-0.15, -0.1) is 0 Å². The van der Waals surface area contributed by atoms with E-state index in [1.54, 1.807) is 12.4 Å². The van der Waals surface area contributed by atoms with Crippen molar-refractivity contribution in [3.63, 3.8) is 0 Å². The second-order valence-electron chi connectivity index (χ2n) is 2.83. The summed E-state index contributed by atoms with van der Waals surface area (Å²) in [4.78, 5) is 8.31. The fourth-order valence-electron chi connectivity index (χ4n) is 1.08. The summed E-state index contributed by atoms with van der Waals surface area (Å²) < 4.78 is 0. The standard InChI is InChI=1S/C10H12N4S/c1-8(9-3-5-12-6-4-9)14-10(15-2)13-7-11/h3-6,8H,1-2H3,(H,13,14). The molecule has 0 aliphatic heterocycles. The number of nitrogens with zero attached hydrogens (tertiary/aromatic N) is 3. The number of aliphatic imine (C=N–C) groups is 1. The van der Waals surface area contributed by atoms with Crippen LogP contribution in [-0.4, -0.2) is 16.4 Å². The Kier molecular flexibility index (Phi) is 4.64. The number of nitriles is 1. The van der Waals surface area contributed by atoms with Crippen LogP contribution in [-0.2, 0) is 0 Å². The highest BCUT2D eigenvalue weighted by Gasteiger charge is 2.04. The molecule has 0 spiro atoms. The van der Waals surface area contributed by atoms with Gasteiger partial charge in [-0.25, -0.2) is 0 Å². The Labute approximate surface area is 93.4 Å². The lowest BCUT2D eigenvalue weighted by molar-refractivity contribution is 0.816. The maximum Gasteiger partial charge on any atom is 0.183 e. The molecule has 1 rings (SSSR count). The highest BCUT2D eigenvalue weighted by atomic mass is 32.2. The molecule has 15 heavy (non-hydrogen) atoms. The quantitative estimate of drug-likeness (QED) is 0.358. The lowest BCUT2D eigenvalue weighted by Gasteiger charge is -2.07. The molecule has 0 amide bonds. The first kappa shape index (κ1) is 11.5. The lowest BCUT2D eigenvalue weighted by Crippen LogP contribution is -2.14. The summed E-state index contributed by atoms with van der Waals surface area (Å²) in [7, 11) is 0. The van der Waals surface area contributed by atoms with E-state index in [9.17, 15) is 0 Å². The van der Waals surface area contributed by atoms with Gasteiger partial charge in [0.05, 0.1) is 6.04 Å². The summed E-state index contributed by atoms with van der Waals surface area (Å²) in [5.41, 5.74) is 1.08. The highest BCUT2D eigenvalue weighted by Crippen LogP contribution is 2.16. The molecular weight excluding hydrogens is 208 g/mol. The van der Waals surface area contributed by atoms with E-state index in [0.29, 0.717) is 5.17 Å². The Morgan fingerprint density at radius 1 is 1.60 bits per heavy atom. The average molecular weight is 220 g/mol. The predicted molar refractivity (Wildman–Crippen MR) is 62.4 cm³/mol. The maximum atomic E-state index is 8.49. The molecule has 1 heterocycles. The van der Waals surface area contributed by atoms with Gasteiger partial charge < -0.3 is 0 Å². The van der Waals surface area contributed by atoms with Crippen LogP contribution in [0.2, 0.25) is 0 Å².